The van der Waals surface area contributed by atoms with Crippen LogP contribution in [0.5, 0.6) is 5.88 Å². The van der Waals surface area contributed by atoms with Gasteiger partial charge in [-0.15, -0.1) is 24.0 Å². The monoisotopic (exact) mass is 452 g/mol. The number of nitrogens with zero attached hydrogens (tertiary/aromatic N) is 2. The van der Waals surface area contributed by atoms with Crippen molar-refractivity contribution in [3.05, 3.63) is 59.8 Å². The van der Waals surface area contributed by atoms with Crippen molar-refractivity contribution < 1.29 is 4.74 Å². The van der Waals surface area contributed by atoms with Crippen molar-refractivity contribution in [2.75, 3.05) is 20.7 Å². The number of nitrogens with one attached hydrogen (secondary N) is 2. The van der Waals surface area contributed by atoms with E-state index >= 15 is 0 Å². The summed E-state index contributed by atoms with van der Waals surface area (Å²) in [6.45, 7) is 1.50. The second-order valence-corrected chi connectivity index (χ2v) is 6.10. The largest absolute Gasteiger partial charge is 0.481 e. The second kappa shape index (κ2) is 9.03. The average molecular weight is 452 g/mol. The summed E-state index contributed by atoms with van der Waals surface area (Å²) in [6, 6.07) is 16.5. The lowest BCUT2D eigenvalue weighted by atomic mass is 9.96. The van der Waals surface area contributed by atoms with Crippen molar-refractivity contribution in [2.45, 2.75) is 24.8 Å². The average Bonchev–Trinajstić information content (AvgIpc) is 3.44. The van der Waals surface area contributed by atoms with Gasteiger partial charge in [-0.1, -0.05) is 36.4 Å². The fraction of sp³-hybridized carbons (Fsp3) is 0.368. The zero-order valence-electron chi connectivity index (χ0n) is 14.7. The van der Waals surface area contributed by atoms with Crippen molar-refractivity contribution in [3.8, 4) is 5.88 Å². The number of methoxy groups -OCH3 is 1. The molecular weight excluding hydrogens is 427 g/mol. The van der Waals surface area contributed by atoms with Gasteiger partial charge in [0.1, 0.15) is 0 Å². The van der Waals surface area contributed by atoms with E-state index in [1.165, 1.54) is 18.4 Å². The van der Waals surface area contributed by atoms with E-state index in [9.17, 15) is 0 Å². The number of ether oxygens (including phenoxy) is 1. The van der Waals surface area contributed by atoms with Gasteiger partial charge in [-0.2, -0.15) is 0 Å². The number of benzene rings is 1. The van der Waals surface area contributed by atoms with Crippen LogP contribution in [0.3, 0.4) is 0 Å². The van der Waals surface area contributed by atoms with Crippen molar-refractivity contribution >= 4 is 29.9 Å². The lowest BCUT2D eigenvalue weighted by Gasteiger charge is -2.19. The maximum absolute atomic E-state index is 5.15. The molecule has 2 aromatic rings. The van der Waals surface area contributed by atoms with Gasteiger partial charge in [0.15, 0.2) is 5.96 Å². The van der Waals surface area contributed by atoms with Crippen LogP contribution in [0.4, 0.5) is 0 Å². The van der Waals surface area contributed by atoms with Gasteiger partial charge in [-0.25, -0.2) is 4.98 Å². The third-order valence-electron chi connectivity index (χ3n) is 4.48. The number of rotatable bonds is 6. The van der Waals surface area contributed by atoms with E-state index in [1.807, 2.05) is 18.2 Å². The number of halogens is 1. The molecule has 1 heterocycles. The first-order valence-electron chi connectivity index (χ1n) is 8.26. The van der Waals surface area contributed by atoms with E-state index < -0.39 is 0 Å². The number of pyridine rings is 1. The Bertz CT molecular complexity index is 702. The van der Waals surface area contributed by atoms with Crippen LogP contribution in [-0.2, 0) is 12.0 Å². The van der Waals surface area contributed by atoms with Gasteiger partial charge < -0.3 is 15.4 Å². The van der Waals surface area contributed by atoms with Crippen LogP contribution in [0.1, 0.15) is 24.1 Å². The molecule has 6 heteroatoms. The molecule has 0 radical (unpaired) electrons. The minimum Gasteiger partial charge on any atom is -0.481 e. The minimum atomic E-state index is 0. The third-order valence-corrected chi connectivity index (χ3v) is 4.48. The van der Waals surface area contributed by atoms with Crippen molar-refractivity contribution in [3.63, 3.8) is 0 Å². The van der Waals surface area contributed by atoms with Gasteiger partial charge in [-0.05, 0) is 24.5 Å². The predicted octanol–water partition coefficient (Wildman–Crippen LogP) is 3.11. The summed E-state index contributed by atoms with van der Waals surface area (Å²) in [4.78, 5) is 8.70. The number of guanidine groups is 1. The predicted molar refractivity (Wildman–Crippen MR) is 112 cm³/mol. The van der Waals surface area contributed by atoms with Gasteiger partial charge in [0, 0.05) is 25.1 Å². The SMILES string of the molecule is CN=C(NCc1cccc(OC)n1)NCC1(c2ccccc2)CC1.I. The minimum absolute atomic E-state index is 0. The molecule has 0 amide bonds. The molecule has 1 aromatic heterocycles. The lowest BCUT2D eigenvalue weighted by Crippen LogP contribution is -2.41. The Kier molecular flexibility index (Phi) is 7.04. The quantitative estimate of drug-likeness (QED) is 0.402. The molecule has 0 bridgehead atoms. The summed E-state index contributed by atoms with van der Waals surface area (Å²) in [5.41, 5.74) is 2.58. The highest BCUT2D eigenvalue weighted by atomic mass is 127. The van der Waals surface area contributed by atoms with Crippen LogP contribution < -0.4 is 15.4 Å². The maximum atomic E-state index is 5.15. The molecule has 2 N–H and O–H groups in total. The first-order valence-corrected chi connectivity index (χ1v) is 8.26. The Morgan fingerprint density at radius 3 is 2.52 bits per heavy atom. The van der Waals surface area contributed by atoms with E-state index in [4.69, 9.17) is 4.74 Å². The molecule has 25 heavy (non-hydrogen) atoms. The zero-order chi connectivity index (χ0) is 16.8. The number of hydrogen-bond donors (Lipinski definition) is 2. The first kappa shape index (κ1) is 19.5. The standard InChI is InChI=1S/C19H24N4O.HI/c1-20-18(21-13-16-9-6-10-17(23-16)24-2)22-14-19(11-12-19)15-7-4-3-5-8-15;/h3-10H,11-14H2,1-2H3,(H2,20,21,22);1H. The summed E-state index contributed by atoms with van der Waals surface area (Å²) in [6.07, 6.45) is 2.44. The van der Waals surface area contributed by atoms with Crippen LogP contribution in [0.25, 0.3) is 0 Å². The van der Waals surface area contributed by atoms with Crippen LogP contribution >= 0.6 is 24.0 Å². The van der Waals surface area contributed by atoms with Crippen molar-refractivity contribution in [2.24, 2.45) is 4.99 Å². The normalized spacial score (nSPS) is 15.0. The zero-order valence-corrected chi connectivity index (χ0v) is 17.0. The molecular formula is C19H25IN4O. The van der Waals surface area contributed by atoms with E-state index in [0.29, 0.717) is 12.4 Å². The highest BCUT2D eigenvalue weighted by Gasteiger charge is 2.43. The van der Waals surface area contributed by atoms with Gasteiger partial charge in [0.2, 0.25) is 5.88 Å². The Balaban J connectivity index is 0.00000225. The molecule has 1 saturated carbocycles. The topological polar surface area (TPSA) is 58.5 Å². The van der Waals surface area contributed by atoms with Gasteiger partial charge in [0.05, 0.1) is 19.3 Å². The summed E-state index contributed by atoms with van der Waals surface area (Å²) < 4.78 is 5.15. The number of aromatic nitrogens is 1. The highest BCUT2D eigenvalue weighted by molar-refractivity contribution is 14.0. The summed E-state index contributed by atoms with van der Waals surface area (Å²) in [5, 5.41) is 6.76. The fourth-order valence-electron chi connectivity index (χ4n) is 2.83. The van der Waals surface area contributed by atoms with E-state index in [1.54, 1.807) is 14.2 Å². The molecule has 0 atom stereocenters. The summed E-state index contributed by atoms with van der Waals surface area (Å²) in [5.74, 6) is 1.42. The molecule has 0 unspecified atom stereocenters. The van der Waals surface area contributed by atoms with Crippen LogP contribution in [0.15, 0.2) is 53.5 Å². The van der Waals surface area contributed by atoms with E-state index in [0.717, 1.165) is 18.2 Å². The molecule has 1 aliphatic rings. The molecule has 1 fully saturated rings. The Morgan fingerprint density at radius 1 is 1.12 bits per heavy atom. The Morgan fingerprint density at radius 2 is 1.88 bits per heavy atom. The van der Waals surface area contributed by atoms with Crippen molar-refractivity contribution in [1.29, 1.82) is 0 Å². The van der Waals surface area contributed by atoms with E-state index in [2.05, 4.69) is 50.9 Å². The lowest BCUT2D eigenvalue weighted by molar-refractivity contribution is 0.396. The molecule has 1 aliphatic carbocycles. The molecule has 0 aliphatic heterocycles. The molecule has 1 aromatic carbocycles. The Hall–Kier alpha value is -1.83. The number of aliphatic imine (C=N–C) groups is 1. The smallest absolute Gasteiger partial charge is 0.213 e. The molecule has 0 spiro atoms. The van der Waals surface area contributed by atoms with Crippen LogP contribution in [0, 0.1) is 0 Å². The van der Waals surface area contributed by atoms with E-state index in [-0.39, 0.29) is 29.4 Å². The van der Waals surface area contributed by atoms with Crippen LogP contribution in [-0.4, -0.2) is 31.6 Å². The molecule has 134 valence electrons. The number of hydrogen-bond acceptors (Lipinski definition) is 3. The van der Waals surface area contributed by atoms with Gasteiger partial charge >= 0.3 is 0 Å². The third kappa shape index (κ3) is 5.07. The molecule has 5 nitrogen and oxygen atoms in total. The maximum Gasteiger partial charge on any atom is 0.213 e. The second-order valence-electron chi connectivity index (χ2n) is 6.10. The fourth-order valence-corrected chi connectivity index (χ4v) is 2.83. The summed E-state index contributed by atoms with van der Waals surface area (Å²) >= 11 is 0. The Labute approximate surface area is 166 Å². The highest BCUT2D eigenvalue weighted by Crippen LogP contribution is 2.47. The summed E-state index contributed by atoms with van der Waals surface area (Å²) in [7, 11) is 3.41. The first-order chi connectivity index (χ1) is 11.8. The van der Waals surface area contributed by atoms with Gasteiger partial charge in [-0.3, -0.25) is 4.99 Å². The molecule has 0 saturated heterocycles. The van der Waals surface area contributed by atoms with Crippen molar-refractivity contribution in [1.82, 2.24) is 15.6 Å². The molecule has 3 rings (SSSR count). The van der Waals surface area contributed by atoms with Crippen LogP contribution in [0.2, 0.25) is 0 Å². The van der Waals surface area contributed by atoms with Gasteiger partial charge in [0.25, 0.3) is 0 Å².